The highest BCUT2D eigenvalue weighted by molar-refractivity contribution is 5.30. The van der Waals surface area contributed by atoms with Crippen LogP contribution in [0.2, 0.25) is 0 Å². The molecular weight excluding hydrogens is 132 g/mol. The Bertz CT molecular complexity index is 161. The van der Waals surface area contributed by atoms with Gasteiger partial charge in [0.2, 0.25) is 0 Å². The second-order valence-electron chi connectivity index (χ2n) is 2.95. The van der Waals surface area contributed by atoms with Crippen LogP contribution in [0.3, 0.4) is 0 Å². The van der Waals surface area contributed by atoms with Gasteiger partial charge in [-0.1, -0.05) is 44.1 Å². The van der Waals surface area contributed by atoms with Gasteiger partial charge in [-0.05, 0) is 26.2 Å². The lowest BCUT2D eigenvalue weighted by atomic mass is 9.94. The van der Waals surface area contributed by atoms with E-state index >= 15 is 0 Å². The third kappa shape index (κ3) is 3.41. The summed E-state index contributed by atoms with van der Waals surface area (Å²) in [6.45, 7) is 10.6. The highest BCUT2D eigenvalue weighted by atomic mass is 14.1. The minimum atomic E-state index is 0.758. The van der Waals surface area contributed by atoms with Crippen molar-refractivity contribution in [1.82, 2.24) is 0 Å². The molecule has 1 rings (SSSR count). The van der Waals surface area contributed by atoms with Crippen LogP contribution in [-0.2, 0) is 0 Å². The van der Waals surface area contributed by atoms with Crippen molar-refractivity contribution in [3.63, 3.8) is 0 Å². The van der Waals surface area contributed by atoms with Crippen LogP contribution in [0.1, 0.15) is 41.0 Å². The van der Waals surface area contributed by atoms with Crippen LogP contribution in [0.25, 0.3) is 0 Å². The molecule has 0 nitrogen and oxygen atoms in total. The van der Waals surface area contributed by atoms with Gasteiger partial charge in [-0.25, -0.2) is 0 Å². The maximum atomic E-state index is 2.34. The number of rotatable bonds is 0. The molecule has 0 N–H and O–H groups in total. The van der Waals surface area contributed by atoms with E-state index in [1.54, 1.807) is 0 Å². The number of allylic oxidation sites excluding steroid dienone is 4. The normalized spacial score (nSPS) is 22.8. The molecule has 0 fully saturated rings. The molecule has 0 heterocycles. The molecule has 0 bridgehead atoms. The van der Waals surface area contributed by atoms with Crippen LogP contribution in [-0.4, -0.2) is 0 Å². The maximum Gasteiger partial charge on any atom is -0.0221 e. The molecule has 0 aromatic carbocycles. The molecule has 64 valence electrons. The van der Waals surface area contributed by atoms with Gasteiger partial charge in [-0.15, -0.1) is 0 Å². The largest absolute Gasteiger partial charge is 0.0808 e. The molecule has 0 radical (unpaired) electrons. The Hall–Kier alpha value is -0.520. The second-order valence-corrected chi connectivity index (χ2v) is 2.95. The van der Waals surface area contributed by atoms with E-state index in [1.165, 1.54) is 17.6 Å². The van der Waals surface area contributed by atoms with E-state index < -0.39 is 0 Å². The Morgan fingerprint density at radius 2 is 1.73 bits per heavy atom. The minimum Gasteiger partial charge on any atom is -0.0808 e. The topological polar surface area (TPSA) is 0 Å². The van der Waals surface area contributed by atoms with Crippen molar-refractivity contribution in [3.05, 3.63) is 23.3 Å². The molecule has 1 aliphatic carbocycles. The molecule has 1 unspecified atom stereocenters. The van der Waals surface area contributed by atoms with Crippen molar-refractivity contribution in [3.8, 4) is 0 Å². The molecule has 1 atom stereocenters. The first kappa shape index (κ1) is 10.5. The summed E-state index contributed by atoms with van der Waals surface area (Å²) in [6.07, 6.45) is 5.89. The van der Waals surface area contributed by atoms with Crippen molar-refractivity contribution >= 4 is 0 Å². The van der Waals surface area contributed by atoms with Gasteiger partial charge < -0.3 is 0 Å². The van der Waals surface area contributed by atoms with E-state index in [0.29, 0.717) is 0 Å². The quantitative estimate of drug-likeness (QED) is 0.493. The highest BCUT2D eigenvalue weighted by Crippen LogP contribution is 2.20. The fourth-order valence-corrected chi connectivity index (χ4v) is 1.15. The molecule has 0 aliphatic heterocycles. The van der Waals surface area contributed by atoms with Gasteiger partial charge in [0, 0.05) is 0 Å². The molecule has 0 aromatic heterocycles. The van der Waals surface area contributed by atoms with Crippen molar-refractivity contribution in [2.45, 2.75) is 41.0 Å². The smallest absolute Gasteiger partial charge is 0.0221 e. The van der Waals surface area contributed by atoms with E-state index in [9.17, 15) is 0 Å². The van der Waals surface area contributed by atoms with Crippen molar-refractivity contribution in [2.24, 2.45) is 5.92 Å². The summed E-state index contributed by atoms with van der Waals surface area (Å²) in [5, 5.41) is 0. The van der Waals surface area contributed by atoms with Crippen LogP contribution in [0, 0.1) is 5.92 Å². The summed E-state index contributed by atoms with van der Waals surface area (Å²) in [5.74, 6) is 0.758. The van der Waals surface area contributed by atoms with Gasteiger partial charge >= 0.3 is 0 Å². The molecule has 11 heavy (non-hydrogen) atoms. The van der Waals surface area contributed by atoms with Crippen LogP contribution in [0.5, 0.6) is 0 Å². The summed E-state index contributed by atoms with van der Waals surface area (Å²) in [5.41, 5.74) is 2.90. The summed E-state index contributed by atoms with van der Waals surface area (Å²) >= 11 is 0. The molecular formula is C11H20. The third-order valence-electron chi connectivity index (χ3n) is 1.95. The maximum absolute atomic E-state index is 2.34. The summed E-state index contributed by atoms with van der Waals surface area (Å²) in [4.78, 5) is 0. The summed E-state index contributed by atoms with van der Waals surface area (Å²) in [7, 11) is 0. The van der Waals surface area contributed by atoms with Crippen LogP contribution in [0.15, 0.2) is 23.3 Å². The van der Waals surface area contributed by atoms with Crippen molar-refractivity contribution in [2.75, 3.05) is 0 Å². The average Bonchev–Trinajstić information content (AvgIpc) is 2.02. The Morgan fingerprint density at radius 1 is 1.18 bits per heavy atom. The minimum absolute atomic E-state index is 0.758. The lowest BCUT2D eigenvalue weighted by molar-refractivity contribution is 0.722. The average molecular weight is 152 g/mol. The first-order valence-corrected chi connectivity index (χ1v) is 4.55. The van der Waals surface area contributed by atoms with E-state index in [4.69, 9.17) is 0 Å². The number of hydrogen-bond acceptors (Lipinski definition) is 0. The molecule has 0 amide bonds. The summed E-state index contributed by atoms with van der Waals surface area (Å²) in [6, 6.07) is 0. The van der Waals surface area contributed by atoms with Crippen LogP contribution in [0.4, 0.5) is 0 Å². The molecule has 0 aromatic rings. The molecule has 1 aliphatic rings. The van der Waals surface area contributed by atoms with Crippen LogP contribution >= 0.6 is 0 Å². The van der Waals surface area contributed by atoms with E-state index in [2.05, 4.69) is 32.9 Å². The number of hydrogen-bond donors (Lipinski definition) is 0. The van der Waals surface area contributed by atoms with E-state index in [-0.39, 0.29) is 0 Å². The molecule has 0 saturated heterocycles. The Morgan fingerprint density at radius 3 is 2.09 bits per heavy atom. The predicted octanol–water partition coefficient (Wildman–Crippen LogP) is 3.95. The Kier molecular flexibility index (Phi) is 4.93. The van der Waals surface area contributed by atoms with E-state index in [1.807, 2.05) is 13.8 Å². The zero-order valence-corrected chi connectivity index (χ0v) is 8.44. The Labute approximate surface area is 71.0 Å². The van der Waals surface area contributed by atoms with Gasteiger partial charge in [-0.2, -0.15) is 0 Å². The van der Waals surface area contributed by atoms with Crippen LogP contribution < -0.4 is 0 Å². The van der Waals surface area contributed by atoms with E-state index in [0.717, 1.165) is 5.92 Å². The molecule has 0 spiro atoms. The third-order valence-corrected chi connectivity index (χ3v) is 1.95. The van der Waals surface area contributed by atoms with Gasteiger partial charge in [0.1, 0.15) is 0 Å². The van der Waals surface area contributed by atoms with Gasteiger partial charge in [0.15, 0.2) is 0 Å². The fraction of sp³-hybridized carbons (Fsp3) is 0.636. The molecule has 0 saturated carbocycles. The lowest BCUT2D eigenvalue weighted by Gasteiger charge is -2.12. The first-order valence-electron chi connectivity index (χ1n) is 4.55. The predicted molar refractivity (Wildman–Crippen MR) is 52.6 cm³/mol. The molecule has 0 heteroatoms. The standard InChI is InChI=1S/C9H14.C2H6/c1-7-4-5-8(2)9(3)6-7;1-2/h5-7H,4H2,1-3H3;1-2H3. The lowest BCUT2D eigenvalue weighted by Crippen LogP contribution is -1.96. The zero-order chi connectivity index (χ0) is 8.85. The SMILES string of the molecule is CC.CC1=CCC(C)C=C1C. The monoisotopic (exact) mass is 152 g/mol. The van der Waals surface area contributed by atoms with Gasteiger partial charge in [0.25, 0.3) is 0 Å². The highest BCUT2D eigenvalue weighted by Gasteiger charge is 2.03. The van der Waals surface area contributed by atoms with Crippen molar-refractivity contribution in [1.29, 1.82) is 0 Å². The van der Waals surface area contributed by atoms with Gasteiger partial charge in [-0.3, -0.25) is 0 Å². The second kappa shape index (κ2) is 5.17. The first-order chi connectivity index (χ1) is 5.20. The fourth-order valence-electron chi connectivity index (χ4n) is 1.15. The van der Waals surface area contributed by atoms with Gasteiger partial charge in [0.05, 0.1) is 0 Å². The van der Waals surface area contributed by atoms with Crippen molar-refractivity contribution < 1.29 is 0 Å². The summed E-state index contributed by atoms with van der Waals surface area (Å²) < 4.78 is 0. The zero-order valence-electron chi connectivity index (χ0n) is 8.44. The Balaban J connectivity index is 0.000000461.